The van der Waals surface area contributed by atoms with Crippen LogP contribution in [0, 0.1) is 5.82 Å². The molecule has 0 spiro atoms. The molecule has 0 fully saturated rings. The lowest BCUT2D eigenvalue weighted by atomic mass is 10.0. The average molecular weight is 582 g/mol. The highest BCUT2D eigenvalue weighted by Gasteiger charge is 2.14. The van der Waals surface area contributed by atoms with E-state index < -0.39 is 11.6 Å². The Morgan fingerprint density at radius 3 is 2.55 bits per heavy atom. The number of rotatable bonds is 8. The van der Waals surface area contributed by atoms with E-state index in [4.69, 9.17) is 21.1 Å². The van der Waals surface area contributed by atoms with Gasteiger partial charge >= 0.3 is 5.97 Å². The summed E-state index contributed by atoms with van der Waals surface area (Å²) in [6.45, 7) is 5.70. The van der Waals surface area contributed by atoms with Crippen molar-refractivity contribution in [2.24, 2.45) is 0 Å². The Labute approximate surface area is 248 Å². The number of aromatic nitrogens is 2. The van der Waals surface area contributed by atoms with Crippen molar-refractivity contribution in [3.63, 3.8) is 0 Å². The van der Waals surface area contributed by atoms with E-state index in [2.05, 4.69) is 15.3 Å². The fourth-order valence-corrected chi connectivity index (χ4v) is 4.51. The van der Waals surface area contributed by atoms with Crippen molar-refractivity contribution >= 4 is 46.1 Å². The van der Waals surface area contributed by atoms with Gasteiger partial charge in [0, 0.05) is 17.1 Å². The number of fused-ring (bicyclic) bond motifs is 1. The highest BCUT2D eigenvalue weighted by molar-refractivity contribution is 6.32. The van der Waals surface area contributed by atoms with Crippen LogP contribution >= 0.6 is 11.6 Å². The Bertz CT molecular complexity index is 1780. The van der Waals surface area contributed by atoms with E-state index in [1.165, 1.54) is 24.5 Å². The van der Waals surface area contributed by atoms with Gasteiger partial charge in [0.05, 0.1) is 10.5 Å². The van der Waals surface area contributed by atoms with Crippen LogP contribution in [0.3, 0.4) is 0 Å². The second-order valence-corrected chi connectivity index (χ2v) is 11.0. The summed E-state index contributed by atoms with van der Waals surface area (Å²) in [5.41, 5.74) is 4.47. The molecular formula is C34H29ClFN3O3. The molecule has 0 radical (unpaired) electrons. The van der Waals surface area contributed by atoms with Crippen LogP contribution < -0.4 is 10.1 Å². The highest BCUT2D eigenvalue weighted by atomic mass is 35.5. The minimum Gasteiger partial charge on any atom is -0.487 e. The molecular weight excluding hydrogens is 553 g/mol. The standard InChI is InChI=1S/C34H29ClFN3O3/c1-34(2,3)42-32(40)15-10-22-6-4-8-24(16-22)25-11-13-30-28(18-25)33(38-21-37-30)39-27-12-14-31(29(35)19-27)41-20-23-7-5-9-26(36)17-23/h4-19,21H,20H2,1-3H3,(H,37,38,39). The van der Waals surface area contributed by atoms with Crippen LogP contribution in [0.1, 0.15) is 31.9 Å². The van der Waals surface area contributed by atoms with Gasteiger partial charge in [-0.2, -0.15) is 0 Å². The predicted molar refractivity (Wildman–Crippen MR) is 165 cm³/mol. The Balaban J connectivity index is 1.35. The maximum Gasteiger partial charge on any atom is 0.331 e. The molecule has 1 aromatic heterocycles. The maximum absolute atomic E-state index is 13.5. The van der Waals surface area contributed by atoms with E-state index in [-0.39, 0.29) is 12.4 Å². The summed E-state index contributed by atoms with van der Waals surface area (Å²) < 4.78 is 24.6. The number of hydrogen-bond acceptors (Lipinski definition) is 6. The second kappa shape index (κ2) is 12.4. The smallest absolute Gasteiger partial charge is 0.331 e. The number of esters is 1. The molecule has 42 heavy (non-hydrogen) atoms. The number of hydrogen-bond donors (Lipinski definition) is 1. The van der Waals surface area contributed by atoms with Gasteiger partial charge in [-0.05, 0) is 97.6 Å². The Morgan fingerprint density at radius 2 is 1.76 bits per heavy atom. The number of carbonyl (C=O) groups is 1. The number of anilines is 2. The first kappa shape index (κ1) is 28.8. The van der Waals surface area contributed by atoms with Gasteiger partial charge in [0.25, 0.3) is 0 Å². The minimum atomic E-state index is -0.548. The van der Waals surface area contributed by atoms with Gasteiger partial charge in [-0.3, -0.25) is 0 Å². The Morgan fingerprint density at radius 1 is 0.952 bits per heavy atom. The molecule has 8 heteroatoms. The third-order valence-corrected chi connectivity index (χ3v) is 6.45. The molecule has 6 nitrogen and oxygen atoms in total. The first-order valence-electron chi connectivity index (χ1n) is 13.3. The molecule has 0 bridgehead atoms. The van der Waals surface area contributed by atoms with E-state index in [1.54, 1.807) is 30.3 Å². The molecule has 5 rings (SSSR count). The molecule has 5 aromatic rings. The number of carbonyl (C=O) groups excluding carboxylic acids is 1. The zero-order chi connectivity index (χ0) is 29.7. The van der Waals surface area contributed by atoms with Crippen LogP contribution in [0.2, 0.25) is 5.02 Å². The average Bonchev–Trinajstić information content (AvgIpc) is 2.95. The molecule has 0 aliphatic heterocycles. The summed E-state index contributed by atoms with van der Waals surface area (Å²) in [6.07, 6.45) is 4.68. The maximum atomic E-state index is 13.5. The van der Waals surface area contributed by atoms with Crippen molar-refractivity contribution in [1.82, 2.24) is 9.97 Å². The third-order valence-electron chi connectivity index (χ3n) is 6.15. The number of halogens is 2. The molecule has 0 aliphatic carbocycles. The van der Waals surface area contributed by atoms with Gasteiger partial charge in [-0.1, -0.05) is 48.0 Å². The molecule has 0 unspecified atom stereocenters. The lowest BCUT2D eigenvalue weighted by Crippen LogP contribution is -2.22. The molecule has 4 aromatic carbocycles. The van der Waals surface area contributed by atoms with Gasteiger partial charge in [-0.15, -0.1) is 0 Å². The molecule has 0 aliphatic rings. The molecule has 1 heterocycles. The minimum absolute atomic E-state index is 0.196. The van der Waals surface area contributed by atoms with E-state index in [9.17, 15) is 9.18 Å². The van der Waals surface area contributed by atoms with Crippen LogP contribution in [0.25, 0.3) is 28.1 Å². The summed E-state index contributed by atoms with van der Waals surface area (Å²) in [4.78, 5) is 21.0. The Kier molecular flexibility index (Phi) is 8.50. The topological polar surface area (TPSA) is 73.3 Å². The largest absolute Gasteiger partial charge is 0.487 e. The van der Waals surface area contributed by atoms with E-state index in [1.807, 2.05) is 69.3 Å². The molecule has 0 saturated heterocycles. The van der Waals surface area contributed by atoms with Gasteiger partial charge in [0.2, 0.25) is 0 Å². The summed E-state index contributed by atoms with van der Waals surface area (Å²) >= 11 is 6.50. The molecule has 212 valence electrons. The number of benzene rings is 4. The van der Waals surface area contributed by atoms with Crippen molar-refractivity contribution in [2.45, 2.75) is 33.0 Å². The number of ether oxygens (including phenoxy) is 2. The van der Waals surface area contributed by atoms with Crippen LogP contribution in [0.5, 0.6) is 5.75 Å². The third kappa shape index (κ3) is 7.50. The van der Waals surface area contributed by atoms with E-state index >= 15 is 0 Å². The number of nitrogens with one attached hydrogen (secondary N) is 1. The summed E-state index contributed by atoms with van der Waals surface area (Å²) in [6, 6.07) is 25.4. The van der Waals surface area contributed by atoms with E-state index in [0.717, 1.165) is 33.3 Å². The van der Waals surface area contributed by atoms with E-state index in [0.29, 0.717) is 22.2 Å². The normalized spacial score (nSPS) is 11.5. The van der Waals surface area contributed by atoms with Crippen LogP contribution in [-0.2, 0) is 16.1 Å². The quantitative estimate of drug-likeness (QED) is 0.146. The van der Waals surface area contributed by atoms with Crippen molar-refractivity contribution in [2.75, 3.05) is 5.32 Å². The zero-order valence-corrected chi connectivity index (χ0v) is 24.2. The summed E-state index contributed by atoms with van der Waals surface area (Å²) in [5, 5.41) is 4.57. The summed E-state index contributed by atoms with van der Waals surface area (Å²) in [7, 11) is 0. The lowest BCUT2D eigenvalue weighted by Gasteiger charge is -2.17. The van der Waals surface area contributed by atoms with Crippen LogP contribution in [0.4, 0.5) is 15.9 Å². The predicted octanol–water partition coefficient (Wildman–Crippen LogP) is 8.77. The van der Waals surface area contributed by atoms with Crippen molar-refractivity contribution < 1.29 is 18.7 Å². The molecule has 1 N–H and O–H groups in total. The van der Waals surface area contributed by atoms with Gasteiger partial charge < -0.3 is 14.8 Å². The monoisotopic (exact) mass is 581 g/mol. The van der Waals surface area contributed by atoms with Gasteiger partial charge in [0.1, 0.15) is 35.9 Å². The SMILES string of the molecule is CC(C)(C)OC(=O)C=Cc1cccc(-c2ccc3ncnc(Nc4ccc(OCc5cccc(F)c5)c(Cl)c4)c3c2)c1. The lowest BCUT2D eigenvalue weighted by molar-refractivity contribution is -0.148. The first-order chi connectivity index (χ1) is 20.1. The van der Waals surface area contributed by atoms with Crippen molar-refractivity contribution in [3.05, 3.63) is 119 Å². The highest BCUT2D eigenvalue weighted by Crippen LogP contribution is 2.32. The van der Waals surface area contributed by atoms with Gasteiger partial charge in [-0.25, -0.2) is 19.2 Å². The van der Waals surface area contributed by atoms with Crippen molar-refractivity contribution in [1.29, 1.82) is 0 Å². The molecule has 0 amide bonds. The van der Waals surface area contributed by atoms with Crippen LogP contribution in [0.15, 0.2) is 97.3 Å². The fourth-order valence-electron chi connectivity index (χ4n) is 4.28. The molecule has 0 saturated carbocycles. The first-order valence-corrected chi connectivity index (χ1v) is 13.7. The van der Waals surface area contributed by atoms with Gasteiger partial charge in [0.15, 0.2) is 0 Å². The van der Waals surface area contributed by atoms with Crippen LogP contribution in [-0.4, -0.2) is 21.5 Å². The second-order valence-electron chi connectivity index (χ2n) is 10.6. The summed E-state index contributed by atoms with van der Waals surface area (Å²) in [5.74, 6) is 0.400. The zero-order valence-electron chi connectivity index (χ0n) is 23.4. The Hall–Kier alpha value is -4.75. The van der Waals surface area contributed by atoms with Crippen molar-refractivity contribution in [3.8, 4) is 16.9 Å². The fraction of sp³-hybridized carbons (Fsp3) is 0.147. The number of nitrogens with zero attached hydrogens (tertiary/aromatic N) is 2. The molecule has 0 atom stereocenters.